The number of halogens is 1. The average Bonchev–Trinajstić information content (AvgIpc) is 3.13. The molecule has 6 heteroatoms. The first-order chi connectivity index (χ1) is 13.1. The normalized spacial score (nSPS) is 21.1. The van der Waals surface area contributed by atoms with E-state index < -0.39 is 0 Å². The van der Waals surface area contributed by atoms with Crippen LogP contribution in [0.3, 0.4) is 0 Å². The molecule has 0 bridgehead atoms. The highest BCUT2D eigenvalue weighted by Gasteiger charge is 2.33. The van der Waals surface area contributed by atoms with E-state index >= 15 is 0 Å². The van der Waals surface area contributed by atoms with Crippen LogP contribution in [0.4, 0.5) is 0 Å². The van der Waals surface area contributed by atoms with Gasteiger partial charge >= 0.3 is 5.97 Å². The van der Waals surface area contributed by atoms with Crippen molar-refractivity contribution in [3.8, 4) is 11.3 Å². The number of rotatable bonds is 3. The lowest BCUT2D eigenvalue weighted by Gasteiger charge is -2.38. The summed E-state index contributed by atoms with van der Waals surface area (Å²) >= 11 is 6.31. The van der Waals surface area contributed by atoms with Gasteiger partial charge in [-0.25, -0.2) is 0 Å². The van der Waals surface area contributed by atoms with Crippen LogP contribution in [0.2, 0.25) is 5.02 Å². The number of carbonyl (C=O) groups is 1. The molecule has 0 aliphatic carbocycles. The van der Waals surface area contributed by atoms with Crippen molar-refractivity contribution in [3.05, 3.63) is 40.5 Å². The van der Waals surface area contributed by atoms with Gasteiger partial charge in [0, 0.05) is 17.1 Å². The lowest BCUT2D eigenvalue weighted by molar-refractivity contribution is -0.147. The monoisotopic (exact) mass is 387 g/mol. The zero-order valence-corrected chi connectivity index (χ0v) is 16.7. The van der Waals surface area contributed by atoms with E-state index in [1.54, 1.807) is 0 Å². The predicted octanol–water partition coefficient (Wildman–Crippen LogP) is 4.23. The third-order valence-electron chi connectivity index (χ3n) is 6.05. The van der Waals surface area contributed by atoms with Gasteiger partial charge in [-0.15, -0.1) is 0 Å². The number of aryl methyl sites for hydroxylation is 1. The van der Waals surface area contributed by atoms with E-state index in [2.05, 4.69) is 21.7 Å². The average molecular weight is 388 g/mol. The summed E-state index contributed by atoms with van der Waals surface area (Å²) < 4.78 is 7.08. The Kier molecular flexibility index (Phi) is 5.24. The number of aromatic nitrogens is 2. The molecule has 1 atom stereocenters. The molecule has 27 heavy (non-hydrogen) atoms. The van der Waals surface area contributed by atoms with Crippen LogP contribution in [0.1, 0.15) is 43.0 Å². The fourth-order valence-electron chi connectivity index (χ4n) is 4.46. The molecule has 0 radical (unpaired) electrons. The Morgan fingerprint density at radius 2 is 2.00 bits per heavy atom. The molecule has 1 aromatic heterocycles. The Bertz CT molecular complexity index is 840. The fraction of sp³-hybridized carbons (Fsp3) is 0.524. The first-order valence-corrected chi connectivity index (χ1v) is 10.1. The quantitative estimate of drug-likeness (QED) is 0.739. The van der Waals surface area contributed by atoms with E-state index in [1.165, 1.54) is 12.8 Å². The minimum atomic E-state index is -0.0675. The van der Waals surface area contributed by atoms with Gasteiger partial charge in [0.25, 0.3) is 0 Å². The van der Waals surface area contributed by atoms with Crippen molar-refractivity contribution >= 4 is 17.6 Å². The van der Waals surface area contributed by atoms with Gasteiger partial charge in [-0.2, -0.15) is 5.10 Å². The molecular formula is C21H26ClN3O2. The number of piperidine rings is 1. The minimum Gasteiger partial charge on any atom is -0.469 e. The molecule has 0 N–H and O–H groups in total. The number of esters is 1. The molecule has 1 unspecified atom stereocenters. The second-order valence-electron chi connectivity index (χ2n) is 7.58. The van der Waals surface area contributed by atoms with Gasteiger partial charge in [0.1, 0.15) is 0 Å². The number of fused-ring (bicyclic) bond motifs is 1. The van der Waals surface area contributed by atoms with Gasteiger partial charge in [-0.3, -0.25) is 14.4 Å². The Morgan fingerprint density at radius 1 is 1.22 bits per heavy atom. The van der Waals surface area contributed by atoms with Crippen LogP contribution in [0.25, 0.3) is 11.3 Å². The van der Waals surface area contributed by atoms with Gasteiger partial charge in [-0.05, 0) is 63.4 Å². The summed E-state index contributed by atoms with van der Waals surface area (Å²) in [5, 5.41) is 5.66. The minimum absolute atomic E-state index is 0.0458. The zero-order chi connectivity index (χ0) is 19.0. The molecule has 4 rings (SSSR count). The smallest absolute Gasteiger partial charge is 0.308 e. The maximum absolute atomic E-state index is 11.8. The summed E-state index contributed by atoms with van der Waals surface area (Å²) in [5.74, 6) is -0.0218. The number of methoxy groups -OCH3 is 1. The SMILES string of the molecule is COC(=O)C1CCN(C2CCCn3nc(-c4cccc(Cl)c4C)cc32)CC1. The van der Waals surface area contributed by atoms with Crippen LogP contribution in [0, 0.1) is 12.8 Å². The highest BCUT2D eigenvalue weighted by Crippen LogP contribution is 2.37. The molecular weight excluding hydrogens is 362 g/mol. The first-order valence-electron chi connectivity index (χ1n) is 9.73. The number of hydrogen-bond acceptors (Lipinski definition) is 4. The van der Waals surface area contributed by atoms with Gasteiger partial charge in [0.15, 0.2) is 0 Å². The van der Waals surface area contributed by atoms with E-state index in [0.29, 0.717) is 6.04 Å². The van der Waals surface area contributed by atoms with Crippen molar-refractivity contribution in [2.45, 2.75) is 45.2 Å². The molecule has 0 spiro atoms. The van der Waals surface area contributed by atoms with Gasteiger partial charge in [-0.1, -0.05) is 23.7 Å². The molecule has 0 amide bonds. The van der Waals surface area contributed by atoms with Crippen LogP contribution in [0.15, 0.2) is 24.3 Å². The summed E-state index contributed by atoms with van der Waals surface area (Å²) in [6.45, 7) is 4.87. The van der Waals surface area contributed by atoms with Gasteiger partial charge < -0.3 is 4.74 Å². The molecule has 0 saturated carbocycles. The van der Waals surface area contributed by atoms with Crippen molar-refractivity contribution in [1.29, 1.82) is 0 Å². The van der Waals surface area contributed by atoms with E-state index in [-0.39, 0.29) is 11.9 Å². The summed E-state index contributed by atoms with van der Waals surface area (Å²) in [7, 11) is 1.48. The van der Waals surface area contributed by atoms with Crippen molar-refractivity contribution in [2.75, 3.05) is 20.2 Å². The fourth-order valence-corrected chi connectivity index (χ4v) is 4.64. The first kappa shape index (κ1) is 18.5. The van der Waals surface area contributed by atoms with Crippen LogP contribution in [0.5, 0.6) is 0 Å². The number of benzene rings is 1. The highest BCUT2D eigenvalue weighted by atomic mass is 35.5. The maximum atomic E-state index is 11.8. The summed E-state index contributed by atoms with van der Waals surface area (Å²) in [6.07, 6.45) is 4.02. The molecule has 2 aromatic rings. The Hall–Kier alpha value is -1.85. The van der Waals surface area contributed by atoms with Crippen molar-refractivity contribution in [1.82, 2.24) is 14.7 Å². The number of nitrogens with zero attached hydrogens (tertiary/aromatic N) is 3. The van der Waals surface area contributed by atoms with E-state index in [0.717, 1.165) is 67.2 Å². The number of likely N-dealkylation sites (tertiary alicyclic amines) is 1. The van der Waals surface area contributed by atoms with Crippen LogP contribution < -0.4 is 0 Å². The summed E-state index contributed by atoms with van der Waals surface area (Å²) in [5.41, 5.74) is 4.46. The van der Waals surface area contributed by atoms with E-state index in [9.17, 15) is 4.79 Å². The predicted molar refractivity (Wildman–Crippen MR) is 106 cm³/mol. The molecule has 1 aromatic carbocycles. The molecule has 1 fully saturated rings. The third kappa shape index (κ3) is 3.50. The maximum Gasteiger partial charge on any atom is 0.308 e. The van der Waals surface area contributed by atoms with E-state index in [1.807, 2.05) is 19.1 Å². The van der Waals surface area contributed by atoms with Crippen molar-refractivity contribution < 1.29 is 9.53 Å². The topological polar surface area (TPSA) is 47.4 Å². The van der Waals surface area contributed by atoms with Crippen molar-refractivity contribution in [2.24, 2.45) is 5.92 Å². The molecule has 3 heterocycles. The third-order valence-corrected chi connectivity index (χ3v) is 6.46. The lowest BCUT2D eigenvalue weighted by atomic mass is 9.93. The molecule has 2 aliphatic rings. The zero-order valence-electron chi connectivity index (χ0n) is 15.9. The van der Waals surface area contributed by atoms with Crippen LogP contribution in [-0.4, -0.2) is 40.8 Å². The lowest BCUT2D eigenvalue weighted by Crippen LogP contribution is -2.40. The molecule has 2 aliphatic heterocycles. The molecule has 1 saturated heterocycles. The molecule has 5 nitrogen and oxygen atoms in total. The largest absolute Gasteiger partial charge is 0.469 e. The molecule has 144 valence electrons. The Morgan fingerprint density at radius 3 is 2.74 bits per heavy atom. The van der Waals surface area contributed by atoms with E-state index in [4.69, 9.17) is 21.4 Å². The Labute approximate surface area is 165 Å². The Balaban J connectivity index is 1.57. The van der Waals surface area contributed by atoms with Gasteiger partial charge in [0.05, 0.1) is 30.5 Å². The standard InChI is InChI=1S/C21H26ClN3O2/c1-14-16(5-3-6-17(14)22)18-13-20-19(7-4-10-25(20)23-18)24-11-8-15(9-12-24)21(26)27-2/h3,5-6,13,15,19H,4,7-12H2,1-2H3. The van der Waals surface area contributed by atoms with Gasteiger partial charge in [0.2, 0.25) is 0 Å². The summed E-state index contributed by atoms with van der Waals surface area (Å²) in [6, 6.07) is 8.60. The van der Waals surface area contributed by atoms with Crippen LogP contribution >= 0.6 is 11.6 Å². The number of ether oxygens (including phenoxy) is 1. The summed E-state index contributed by atoms with van der Waals surface area (Å²) in [4.78, 5) is 14.3. The second kappa shape index (κ2) is 7.64. The second-order valence-corrected chi connectivity index (χ2v) is 7.99. The van der Waals surface area contributed by atoms with Crippen LogP contribution in [-0.2, 0) is 16.1 Å². The van der Waals surface area contributed by atoms with Crippen molar-refractivity contribution in [3.63, 3.8) is 0 Å². The number of hydrogen-bond donors (Lipinski definition) is 0. The number of carbonyl (C=O) groups excluding carboxylic acids is 1. The highest BCUT2D eigenvalue weighted by molar-refractivity contribution is 6.31.